The summed E-state index contributed by atoms with van der Waals surface area (Å²) in [4.78, 5) is 14.2. The summed E-state index contributed by atoms with van der Waals surface area (Å²) in [6, 6.07) is 3.88. The fraction of sp³-hybridized carbons (Fsp3) is 0.167. The highest BCUT2D eigenvalue weighted by Gasteiger charge is 2.06. The van der Waals surface area contributed by atoms with Crippen LogP contribution in [0.2, 0.25) is 0 Å². The topological polar surface area (TPSA) is 101 Å². The van der Waals surface area contributed by atoms with Crippen molar-refractivity contribution in [1.29, 1.82) is 0 Å². The number of hydrogen-bond donors (Lipinski definition) is 2. The number of hydrogen-bond acceptors (Lipinski definition) is 6. The maximum atomic E-state index is 8.54. The Kier molecular flexibility index (Phi) is 3.87. The van der Waals surface area contributed by atoms with E-state index in [1.54, 1.807) is 18.6 Å². The van der Waals surface area contributed by atoms with Crippen LogP contribution in [0.4, 0.5) is 5.82 Å². The minimum atomic E-state index is -0.0594. The van der Waals surface area contributed by atoms with Gasteiger partial charge in [0, 0.05) is 26.0 Å². The van der Waals surface area contributed by atoms with Crippen LogP contribution in [0, 0.1) is 0 Å². The molecule has 0 atom stereocenters. The molecule has 0 aromatic carbocycles. The van der Waals surface area contributed by atoms with Crippen LogP contribution in [0.3, 0.4) is 0 Å². The van der Waals surface area contributed by atoms with E-state index in [1.807, 2.05) is 24.1 Å². The van der Waals surface area contributed by atoms with Crippen LogP contribution >= 0.6 is 0 Å². The predicted octanol–water partition coefficient (Wildman–Crippen LogP) is 0.602. The molecule has 0 spiro atoms. The number of aromatic nitrogens is 3. The molecule has 2 heterocycles. The van der Waals surface area contributed by atoms with Gasteiger partial charge >= 0.3 is 0 Å². The lowest BCUT2D eigenvalue weighted by atomic mass is 10.2. The van der Waals surface area contributed by atoms with Crippen LogP contribution in [0.25, 0.3) is 0 Å². The molecule has 19 heavy (non-hydrogen) atoms. The molecule has 2 rings (SSSR count). The molecular formula is C12H14N6O. The van der Waals surface area contributed by atoms with Gasteiger partial charge in [0.1, 0.15) is 11.5 Å². The van der Waals surface area contributed by atoms with Gasteiger partial charge in [-0.1, -0.05) is 5.16 Å². The molecule has 0 aliphatic heterocycles. The van der Waals surface area contributed by atoms with E-state index in [4.69, 9.17) is 10.9 Å². The second kappa shape index (κ2) is 5.76. The number of oxime groups is 1. The van der Waals surface area contributed by atoms with Gasteiger partial charge in [0.25, 0.3) is 0 Å². The first kappa shape index (κ1) is 12.7. The lowest BCUT2D eigenvalue weighted by molar-refractivity contribution is 0.318. The molecule has 0 aliphatic carbocycles. The Balaban J connectivity index is 2.10. The van der Waals surface area contributed by atoms with Crippen molar-refractivity contribution in [2.24, 2.45) is 10.9 Å². The molecule has 2 aromatic heterocycles. The van der Waals surface area contributed by atoms with Crippen LogP contribution < -0.4 is 10.6 Å². The summed E-state index contributed by atoms with van der Waals surface area (Å²) in [7, 11) is 1.91. The molecule has 2 aromatic rings. The van der Waals surface area contributed by atoms with Crippen molar-refractivity contribution in [2.45, 2.75) is 6.54 Å². The van der Waals surface area contributed by atoms with Gasteiger partial charge < -0.3 is 15.8 Å². The summed E-state index contributed by atoms with van der Waals surface area (Å²) >= 11 is 0. The molecule has 0 radical (unpaired) electrons. The minimum absolute atomic E-state index is 0.0594. The van der Waals surface area contributed by atoms with Crippen LogP contribution in [-0.4, -0.2) is 33.0 Å². The predicted molar refractivity (Wildman–Crippen MR) is 70.9 cm³/mol. The molecule has 0 fully saturated rings. The van der Waals surface area contributed by atoms with Crippen molar-refractivity contribution in [1.82, 2.24) is 15.0 Å². The van der Waals surface area contributed by atoms with Crippen molar-refractivity contribution in [3.63, 3.8) is 0 Å². The number of nitrogens with two attached hydrogens (primary N) is 1. The number of amidine groups is 1. The van der Waals surface area contributed by atoms with E-state index in [0.717, 1.165) is 5.56 Å². The maximum absolute atomic E-state index is 8.54. The van der Waals surface area contributed by atoms with Crippen LogP contribution in [0.15, 0.2) is 42.1 Å². The fourth-order valence-corrected chi connectivity index (χ4v) is 1.54. The Morgan fingerprint density at radius 2 is 2.05 bits per heavy atom. The molecule has 0 unspecified atom stereocenters. The molecule has 0 saturated heterocycles. The number of nitrogens with zero attached hydrogens (tertiary/aromatic N) is 5. The number of rotatable bonds is 4. The second-order valence-corrected chi connectivity index (χ2v) is 3.96. The maximum Gasteiger partial charge on any atom is 0.190 e. The van der Waals surface area contributed by atoms with Gasteiger partial charge in [-0.2, -0.15) is 0 Å². The van der Waals surface area contributed by atoms with E-state index in [2.05, 4.69) is 20.1 Å². The highest BCUT2D eigenvalue weighted by molar-refractivity contribution is 5.94. The minimum Gasteiger partial charge on any atom is -0.409 e. The van der Waals surface area contributed by atoms with E-state index in [1.165, 1.54) is 6.20 Å². The Hall–Kier alpha value is -2.70. The number of pyridine rings is 1. The molecule has 98 valence electrons. The standard InChI is InChI=1S/C12H14N6O/c1-18(8-9-2-4-14-5-3-9)11-7-15-10(6-16-11)12(13)17-19/h2-7,19H,8H2,1H3,(H2,13,17). The Morgan fingerprint density at radius 1 is 1.32 bits per heavy atom. The third-order valence-electron chi connectivity index (χ3n) is 2.57. The molecule has 7 heteroatoms. The average molecular weight is 258 g/mol. The highest BCUT2D eigenvalue weighted by Crippen LogP contribution is 2.10. The largest absolute Gasteiger partial charge is 0.409 e. The van der Waals surface area contributed by atoms with Gasteiger partial charge in [-0.05, 0) is 17.7 Å². The summed E-state index contributed by atoms with van der Waals surface area (Å²) in [5.41, 5.74) is 6.88. The molecule has 3 N–H and O–H groups in total. The zero-order valence-corrected chi connectivity index (χ0v) is 10.4. The van der Waals surface area contributed by atoms with Crippen molar-refractivity contribution >= 4 is 11.7 Å². The van der Waals surface area contributed by atoms with Gasteiger partial charge in [0.05, 0.1) is 12.4 Å². The summed E-state index contributed by atoms with van der Waals surface area (Å²) in [5, 5.41) is 11.4. The molecule has 7 nitrogen and oxygen atoms in total. The van der Waals surface area contributed by atoms with Gasteiger partial charge in [0.2, 0.25) is 0 Å². The van der Waals surface area contributed by atoms with Gasteiger partial charge in [-0.3, -0.25) is 4.98 Å². The van der Waals surface area contributed by atoms with Gasteiger partial charge in [-0.25, -0.2) is 9.97 Å². The van der Waals surface area contributed by atoms with Crippen molar-refractivity contribution in [3.8, 4) is 0 Å². The smallest absolute Gasteiger partial charge is 0.190 e. The zero-order valence-electron chi connectivity index (χ0n) is 10.4. The molecule has 0 aliphatic rings. The van der Waals surface area contributed by atoms with Gasteiger partial charge in [-0.15, -0.1) is 0 Å². The van der Waals surface area contributed by atoms with Crippen molar-refractivity contribution in [3.05, 3.63) is 48.2 Å². The summed E-state index contributed by atoms with van der Waals surface area (Å²) in [6.45, 7) is 0.695. The first-order valence-corrected chi connectivity index (χ1v) is 5.60. The molecular weight excluding hydrogens is 244 g/mol. The summed E-state index contributed by atoms with van der Waals surface area (Å²) < 4.78 is 0. The van der Waals surface area contributed by atoms with E-state index >= 15 is 0 Å². The second-order valence-electron chi connectivity index (χ2n) is 3.96. The lowest BCUT2D eigenvalue weighted by Crippen LogP contribution is -2.20. The van der Waals surface area contributed by atoms with Gasteiger partial charge in [0.15, 0.2) is 5.84 Å². The quantitative estimate of drug-likeness (QED) is 0.360. The molecule has 0 bridgehead atoms. The lowest BCUT2D eigenvalue weighted by Gasteiger charge is -2.17. The van der Waals surface area contributed by atoms with Crippen molar-refractivity contribution in [2.75, 3.05) is 11.9 Å². The molecule has 0 amide bonds. The third kappa shape index (κ3) is 3.15. The third-order valence-corrected chi connectivity index (χ3v) is 2.57. The van der Waals surface area contributed by atoms with Crippen LogP contribution in [0.1, 0.15) is 11.3 Å². The normalized spacial score (nSPS) is 11.3. The fourth-order valence-electron chi connectivity index (χ4n) is 1.54. The van der Waals surface area contributed by atoms with E-state index in [-0.39, 0.29) is 5.84 Å². The SMILES string of the molecule is CN(Cc1ccncc1)c1cnc(C(N)=NO)cn1. The van der Waals surface area contributed by atoms with E-state index in [0.29, 0.717) is 18.1 Å². The summed E-state index contributed by atoms with van der Waals surface area (Å²) in [6.07, 6.45) is 6.54. The zero-order chi connectivity index (χ0) is 13.7. The van der Waals surface area contributed by atoms with E-state index < -0.39 is 0 Å². The first-order chi connectivity index (χ1) is 9.20. The van der Waals surface area contributed by atoms with E-state index in [9.17, 15) is 0 Å². The average Bonchev–Trinajstić information content (AvgIpc) is 2.47. The Labute approximate surface area is 110 Å². The Bertz CT molecular complexity index is 554. The number of anilines is 1. The highest BCUT2D eigenvalue weighted by atomic mass is 16.4. The van der Waals surface area contributed by atoms with Crippen molar-refractivity contribution < 1.29 is 5.21 Å². The summed E-state index contributed by atoms with van der Waals surface area (Å²) in [5.74, 6) is 0.641. The molecule has 0 saturated carbocycles. The first-order valence-electron chi connectivity index (χ1n) is 5.60. The van der Waals surface area contributed by atoms with Crippen LogP contribution in [0.5, 0.6) is 0 Å². The van der Waals surface area contributed by atoms with Crippen LogP contribution in [-0.2, 0) is 6.54 Å². The monoisotopic (exact) mass is 258 g/mol. The Morgan fingerprint density at radius 3 is 2.63 bits per heavy atom.